The summed E-state index contributed by atoms with van der Waals surface area (Å²) in [5.41, 5.74) is 4.39. The first-order chi connectivity index (χ1) is 16.4. The van der Waals surface area contributed by atoms with Gasteiger partial charge in [0.25, 0.3) is 5.69 Å². The Bertz CT molecular complexity index is 994. The van der Waals surface area contributed by atoms with Crippen LogP contribution in [0.4, 0.5) is 17.1 Å². The van der Waals surface area contributed by atoms with E-state index in [9.17, 15) is 14.9 Å². The number of amides is 1. The lowest BCUT2D eigenvalue weighted by Gasteiger charge is -2.36. The molecule has 2 aliphatic rings. The van der Waals surface area contributed by atoms with Gasteiger partial charge in [0.05, 0.1) is 11.0 Å². The zero-order chi connectivity index (χ0) is 24.1. The molecule has 0 spiro atoms. The molecule has 2 aromatic rings. The number of anilines is 2. The number of nitro benzene ring substituents is 1. The highest BCUT2D eigenvalue weighted by Gasteiger charge is 2.25. The monoisotopic (exact) mass is 466 g/mol. The Labute approximate surface area is 201 Å². The van der Waals surface area contributed by atoms with Gasteiger partial charge >= 0.3 is 0 Å². The predicted octanol–water partition coefficient (Wildman–Crippen LogP) is 4.30. The lowest BCUT2D eigenvalue weighted by atomic mass is 9.92. The molecule has 1 aliphatic carbocycles. The van der Waals surface area contributed by atoms with Gasteiger partial charge in [-0.25, -0.2) is 0 Å². The summed E-state index contributed by atoms with van der Waals surface area (Å²) in [4.78, 5) is 27.5. The largest absolute Gasteiger partial charge is 0.382 e. The zero-order valence-corrected chi connectivity index (χ0v) is 20.0. The highest BCUT2D eigenvalue weighted by Crippen LogP contribution is 2.27. The summed E-state index contributed by atoms with van der Waals surface area (Å²) in [7, 11) is 0. The van der Waals surface area contributed by atoms with Crippen LogP contribution in [0.1, 0.15) is 36.8 Å². The van der Waals surface area contributed by atoms with Crippen LogP contribution in [0.3, 0.4) is 0 Å². The Morgan fingerprint density at radius 3 is 2.32 bits per heavy atom. The molecule has 0 bridgehead atoms. The smallest absolute Gasteiger partial charge is 0.269 e. The number of hydrogen-bond acceptors (Lipinski definition) is 6. The fraction of sp³-hybridized carbons (Fsp3) is 0.500. The lowest BCUT2D eigenvalue weighted by Crippen LogP contribution is -2.50. The first-order valence-corrected chi connectivity index (χ1v) is 12.1. The number of hydrogen-bond donors (Lipinski definition) is 1. The quantitative estimate of drug-likeness (QED) is 0.484. The number of carbonyl (C=O) groups excluding carboxylic acids is 1. The van der Waals surface area contributed by atoms with Crippen LogP contribution >= 0.6 is 0 Å². The molecule has 1 N–H and O–H groups in total. The summed E-state index contributed by atoms with van der Waals surface area (Å²) in [5.74, 6) is 0.0744. The average molecular weight is 467 g/mol. The summed E-state index contributed by atoms with van der Waals surface area (Å²) in [5, 5.41) is 14.4. The van der Waals surface area contributed by atoms with Crippen LogP contribution in [0.15, 0.2) is 42.5 Å². The molecule has 0 atom stereocenters. The van der Waals surface area contributed by atoms with Crippen molar-refractivity contribution < 1.29 is 14.5 Å². The Morgan fingerprint density at radius 2 is 1.71 bits per heavy atom. The van der Waals surface area contributed by atoms with Crippen LogP contribution in [0.2, 0.25) is 0 Å². The normalized spacial score (nSPS) is 20.8. The molecule has 8 heteroatoms. The zero-order valence-electron chi connectivity index (χ0n) is 20.0. The molecule has 2 fully saturated rings. The van der Waals surface area contributed by atoms with E-state index in [0.717, 1.165) is 63.1 Å². The molecule has 0 aromatic heterocycles. The maximum absolute atomic E-state index is 12.7. The summed E-state index contributed by atoms with van der Waals surface area (Å²) < 4.78 is 5.98. The molecule has 1 saturated carbocycles. The number of piperazine rings is 1. The minimum Gasteiger partial charge on any atom is -0.382 e. The second kappa shape index (κ2) is 10.9. The van der Waals surface area contributed by atoms with Gasteiger partial charge in [0, 0.05) is 55.7 Å². The number of nitrogens with zero attached hydrogens (tertiary/aromatic N) is 3. The van der Waals surface area contributed by atoms with Crippen molar-refractivity contribution in [2.75, 3.05) is 43.0 Å². The number of ether oxygens (including phenoxy) is 1. The van der Waals surface area contributed by atoms with Gasteiger partial charge in [0.15, 0.2) is 0 Å². The van der Waals surface area contributed by atoms with E-state index in [2.05, 4.69) is 41.4 Å². The van der Waals surface area contributed by atoms with E-state index in [1.54, 1.807) is 12.1 Å². The van der Waals surface area contributed by atoms with E-state index in [4.69, 9.17) is 4.74 Å². The van der Waals surface area contributed by atoms with Crippen molar-refractivity contribution in [3.8, 4) is 0 Å². The molecular weight excluding hydrogens is 432 g/mol. The molecule has 182 valence electrons. The number of non-ortho nitro benzene ring substituents is 1. The van der Waals surface area contributed by atoms with Crippen molar-refractivity contribution in [1.82, 2.24) is 4.90 Å². The number of benzene rings is 2. The molecule has 1 saturated heterocycles. The standard InChI is InChI=1S/C26H34N4O4/c1-19-3-7-22(8-4-19)28-13-15-29(16-14-28)26(31)18-34-24-10-5-21(6-11-24)27-25-12-9-23(30(32)33)17-20(25)2/h3-4,7-9,12,17,21,24,27H,5-6,10-11,13-16,18H2,1-2H3/t21-,24-. The first-order valence-electron chi connectivity index (χ1n) is 12.1. The van der Waals surface area contributed by atoms with Crippen LogP contribution in [-0.4, -0.2) is 60.7 Å². The molecule has 8 nitrogen and oxygen atoms in total. The third kappa shape index (κ3) is 6.05. The van der Waals surface area contributed by atoms with Crippen LogP contribution in [-0.2, 0) is 9.53 Å². The number of nitrogens with one attached hydrogen (secondary N) is 1. The molecule has 34 heavy (non-hydrogen) atoms. The van der Waals surface area contributed by atoms with Crippen LogP contribution in [0.25, 0.3) is 0 Å². The van der Waals surface area contributed by atoms with Gasteiger partial charge in [-0.15, -0.1) is 0 Å². The van der Waals surface area contributed by atoms with E-state index >= 15 is 0 Å². The van der Waals surface area contributed by atoms with Crippen molar-refractivity contribution in [2.24, 2.45) is 0 Å². The van der Waals surface area contributed by atoms with Gasteiger partial charge in [-0.3, -0.25) is 14.9 Å². The van der Waals surface area contributed by atoms with Crippen molar-refractivity contribution in [3.63, 3.8) is 0 Å². The molecule has 2 aromatic carbocycles. The molecule has 1 aliphatic heterocycles. The van der Waals surface area contributed by atoms with E-state index in [1.165, 1.54) is 17.3 Å². The highest BCUT2D eigenvalue weighted by molar-refractivity contribution is 5.77. The van der Waals surface area contributed by atoms with Crippen molar-refractivity contribution >= 4 is 23.0 Å². The van der Waals surface area contributed by atoms with E-state index in [0.29, 0.717) is 6.04 Å². The minimum atomic E-state index is -0.370. The van der Waals surface area contributed by atoms with E-state index < -0.39 is 0 Å². The summed E-state index contributed by atoms with van der Waals surface area (Å²) in [6, 6.07) is 13.8. The van der Waals surface area contributed by atoms with E-state index in [-0.39, 0.29) is 29.2 Å². The molecule has 0 unspecified atom stereocenters. The van der Waals surface area contributed by atoms with Crippen LogP contribution in [0.5, 0.6) is 0 Å². The Morgan fingerprint density at radius 1 is 1.03 bits per heavy atom. The van der Waals surface area contributed by atoms with Gasteiger partial charge in [-0.2, -0.15) is 0 Å². The van der Waals surface area contributed by atoms with Crippen molar-refractivity contribution in [2.45, 2.75) is 51.7 Å². The summed E-state index contributed by atoms with van der Waals surface area (Å²) in [6.07, 6.45) is 3.81. The average Bonchev–Trinajstić information content (AvgIpc) is 2.85. The van der Waals surface area contributed by atoms with Crippen LogP contribution in [0, 0.1) is 24.0 Å². The lowest BCUT2D eigenvalue weighted by molar-refractivity contribution is -0.384. The third-order valence-corrected chi connectivity index (χ3v) is 6.93. The molecule has 1 amide bonds. The number of nitro groups is 1. The Balaban J connectivity index is 1.16. The fourth-order valence-corrected chi connectivity index (χ4v) is 4.77. The molecule has 1 heterocycles. The SMILES string of the molecule is Cc1ccc(N2CCN(C(=O)CO[C@H]3CC[C@H](Nc4ccc([N+](=O)[O-])cc4C)CC3)CC2)cc1. The van der Waals surface area contributed by atoms with Gasteiger partial charge in [0.1, 0.15) is 6.61 Å². The van der Waals surface area contributed by atoms with Crippen molar-refractivity contribution in [3.05, 3.63) is 63.7 Å². The number of rotatable bonds is 7. The highest BCUT2D eigenvalue weighted by atomic mass is 16.6. The minimum absolute atomic E-state index is 0.0744. The third-order valence-electron chi connectivity index (χ3n) is 6.93. The van der Waals surface area contributed by atoms with Gasteiger partial charge in [-0.1, -0.05) is 17.7 Å². The number of aryl methyl sites for hydroxylation is 2. The second-order valence-corrected chi connectivity index (χ2v) is 9.39. The Hall–Kier alpha value is -3.13. The topological polar surface area (TPSA) is 88.0 Å². The fourth-order valence-electron chi connectivity index (χ4n) is 4.77. The second-order valence-electron chi connectivity index (χ2n) is 9.39. The summed E-state index contributed by atoms with van der Waals surface area (Å²) >= 11 is 0. The maximum Gasteiger partial charge on any atom is 0.269 e. The number of carbonyl (C=O) groups is 1. The summed E-state index contributed by atoms with van der Waals surface area (Å²) in [6.45, 7) is 7.25. The molecule has 4 rings (SSSR count). The van der Waals surface area contributed by atoms with Gasteiger partial charge in [0.2, 0.25) is 5.91 Å². The van der Waals surface area contributed by atoms with Gasteiger partial charge in [-0.05, 0) is 63.3 Å². The molecule has 0 radical (unpaired) electrons. The van der Waals surface area contributed by atoms with Crippen LogP contribution < -0.4 is 10.2 Å². The van der Waals surface area contributed by atoms with Gasteiger partial charge < -0.3 is 19.9 Å². The van der Waals surface area contributed by atoms with E-state index in [1.807, 2.05) is 11.8 Å². The van der Waals surface area contributed by atoms with Crippen molar-refractivity contribution in [1.29, 1.82) is 0 Å². The molecular formula is C26H34N4O4. The Kier molecular flexibility index (Phi) is 7.67. The maximum atomic E-state index is 12.7. The predicted molar refractivity (Wildman–Crippen MR) is 133 cm³/mol. The first kappa shape index (κ1) is 24.0.